The zero-order chi connectivity index (χ0) is 11.4. The minimum Gasteiger partial charge on any atom is -0.264 e. The number of aromatic nitrogens is 2. The Morgan fingerprint density at radius 1 is 1.19 bits per heavy atom. The van der Waals surface area contributed by atoms with Gasteiger partial charge in [0.25, 0.3) is 0 Å². The average Bonchev–Trinajstić information content (AvgIpc) is 2.34. The summed E-state index contributed by atoms with van der Waals surface area (Å²) in [6.45, 7) is 2.12. The Labute approximate surface area is 100 Å². The Kier molecular flexibility index (Phi) is 3.52. The summed E-state index contributed by atoms with van der Waals surface area (Å²) in [4.78, 5) is 8.23. The monoisotopic (exact) mass is 231 g/mol. The summed E-state index contributed by atoms with van der Waals surface area (Å²) in [6.07, 6.45) is 6.38. The van der Waals surface area contributed by atoms with Crippen molar-refractivity contribution in [1.29, 1.82) is 0 Å². The molecule has 0 bridgehead atoms. The number of nitrogens with zero attached hydrogens (tertiary/aromatic N) is 2. The van der Waals surface area contributed by atoms with Crippen LogP contribution in [0.4, 0.5) is 0 Å². The molecule has 0 saturated carbocycles. The van der Waals surface area contributed by atoms with Crippen molar-refractivity contribution in [2.75, 3.05) is 0 Å². The Morgan fingerprint density at radius 2 is 2.00 bits per heavy atom. The third-order valence-electron chi connectivity index (χ3n) is 2.44. The maximum absolute atomic E-state index is 5.77. The molecule has 2 aromatic rings. The first-order chi connectivity index (χ1) is 7.81. The van der Waals surface area contributed by atoms with Gasteiger partial charge in [0.1, 0.15) is 5.15 Å². The third kappa shape index (κ3) is 2.39. The van der Waals surface area contributed by atoms with Gasteiger partial charge in [0.2, 0.25) is 0 Å². The molecule has 2 nitrogen and oxygen atoms in total. The van der Waals surface area contributed by atoms with E-state index in [1.54, 1.807) is 12.4 Å². The molecule has 0 fully saturated rings. The molecule has 0 amide bonds. The predicted octanol–water partition coefficient (Wildman–Crippen LogP) is 3.51. The van der Waals surface area contributed by atoms with Crippen molar-refractivity contribution in [2.45, 2.75) is 13.3 Å². The van der Waals surface area contributed by atoms with E-state index in [0.29, 0.717) is 5.15 Å². The normalized spacial score (nSPS) is 10.7. The van der Waals surface area contributed by atoms with Crippen molar-refractivity contribution in [3.05, 3.63) is 65.1 Å². The van der Waals surface area contributed by atoms with E-state index in [1.807, 2.05) is 24.4 Å². The van der Waals surface area contributed by atoms with Crippen molar-refractivity contribution in [3.8, 4) is 0 Å². The second-order valence-corrected chi connectivity index (χ2v) is 3.83. The lowest BCUT2D eigenvalue weighted by Crippen LogP contribution is -2.01. The van der Waals surface area contributed by atoms with E-state index in [4.69, 9.17) is 11.6 Å². The molecule has 0 saturated heterocycles. The van der Waals surface area contributed by atoms with Gasteiger partial charge in [-0.1, -0.05) is 30.7 Å². The van der Waals surface area contributed by atoms with Gasteiger partial charge in [0.15, 0.2) is 0 Å². The highest BCUT2D eigenvalue weighted by molar-refractivity contribution is 6.29. The standard InChI is InChI=1S/C13H12ClN2/c1-2-12(10-4-3-7-15-8-10)11-5-6-13(14)16-9-11/h3-9H,2H2,1H3. The Bertz CT molecular complexity index is 439. The zero-order valence-corrected chi connectivity index (χ0v) is 9.78. The number of hydrogen-bond donors (Lipinski definition) is 0. The molecular weight excluding hydrogens is 220 g/mol. The van der Waals surface area contributed by atoms with Gasteiger partial charge in [0, 0.05) is 24.5 Å². The number of hydrogen-bond acceptors (Lipinski definition) is 2. The Balaban J connectivity index is 2.33. The largest absolute Gasteiger partial charge is 0.264 e. The van der Waals surface area contributed by atoms with Crippen LogP contribution in [0, 0.1) is 5.92 Å². The molecule has 3 heteroatoms. The van der Waals surface area contributed by atoms with Gasteiger partial charge in [-0.15, -0.1) is 0 Å². The summed E-state index contributed by atoms with van der Waals surface area (Å²) >= 11 is 5.77. The van der Waals surface area contributed by atoms with Crippen molar-refractivity contribution in [2.24, 2.45) is 0 Å². The van der Waals surface area contributed by atoms with E-state index >= 15 is 0 Å². The molecule has 16 heavy (non-hydrogen) atoms. The molecule has 0 N–H and O–H groups in total. The lowest BCUT2D eigenvalue weighted by Gasteiger charge is -2.13. The highest BCUT2D eigenvalue weighted by Crippen LogP contribution is 2.25. The topological polar surface area (TPSA) is 25.8 Å². The highest BCUT2D eigenvalue weighted by Gasteiger charge is 2.12. The molecule has 0 aliphatic rings. The van der Waals surface area contributed by atoms with Crippen molar-refractivity contribution >= 4 is 11.6 Å². The smallest absolute Gasteiger partial charge is 0.129 e. The van der Waals surface area contributed by atoms with Crippen LogP contribution >= 0.6 is 11.6 Å². The molecule has 0 unspecified atom stereocenters. The fraction of sp³-hybridized carbons (Fsp3) is 0.154. The van der Waals surface area contributed by atoms with Crippen molar-refractivity contribution in [3.63, 3.8) is 0 Å². The van der Waals surface area contributed by atoms with E-state index in [9.17, 15) is 0 Å². The fourth-order valence-corrected chi connectivity index (χ4v) is 1.78. The summed E-state index contributed by atoms with van der Waals surface area (Å²) in [7, 11) is 0. The van der Waals surface area contributed by atoms with Crippen LogP contribution in [0.2, 0.25) is 5.15 Å². The quantitative estimate of drug-likeness (QED) is 0.756. The van der Waals surface area contributed by atoms with Crippen molar-refractivity contribution in [1.82, 2.24) is 9.97 Å². The van der Waals surface area contributed by atoms with Crippen molar-refractivity contribution < 1.29 is 0 Å². The molecule has 0 spiro atoms. The maximum Gasteiger partial charge on any atom is 0.129 e. The SMILES string of the molecule is CC[C](c1cccnc1)c1ccc(Cl)nc1. The van der Waals surface area contributed by atoms with Crippen LogP contribution in [-0.4, -0.2) is 9.97 Å². The second-order valence-electron chi connectivity index (χ2n) is 3.44. The van der Waals surface area contributed by atoms with E-state index in [-0.39, 0.29) is 0 Å². The molecule has 0 aliphatic carbocycles. The number of pyridine rings is 2. The van der Waals surface area contributed by atoms with E-state index in [0.717, 1.165) is 17.5 Å². The molecule has 2 heterocycles. The minimum atomic E-state index is 0.519. The summed E-state index contributed by atoms with van der Waals surface area (Å²) < 4.78 is 0. The summed E-state index contributed by atoms with van der Waals surface area (Å²) in [5.74, 6) is 1.23. The molecule has 0 aliphatic heterocycles. The first kappa shape index (κ1) is 11.1. The Hall–Kier alpha value is -1.41. The second kappa shape index (κ2) is 5.08. The molecular formula is C13H12ClN2. The van der Waals surface area contributed by atoms with Crippen LogP contribution in [0.1, 0.15) is 24.5 Å². The first-order valence-electron chi connectivity index (χ1n) is 5.19. The van der Waals surface area contributed by atoms with Gasteiger partial charge in [-0.05, 0) is 29.7 Å². The molecule has 0 atom stereocenters. The molecule has 0 aromatic carbocycles. The van der Waals surface area contributed by atoms with Gasteiger partial charge >= 0.3 is 0 Å². The average molecular weight is 232 g/mol. The van der Waals surface area contributed by atoms with Gasteiger partial charge in [-0.2, -0.15) is 0 Å². The van der Waals surface area contributed by atoms with Gasteiger partial charge in [0.05, 0.1) is 0 Å². The first-order valence-corrected chi connectivity index (χ1v) is 5.57. The van der Waals surface area contributed by atoms with Crippen LogP contribution in [0.15, 0.2) is 42.9 Å². The molecule has 81 valence electrons. The molecule has 1 radical (unpaired) electrons. The van der Waals surface area contributed by atoms with Gasteiger partial charge < -0.3 is 0 Å². The zero-order valence-electron chi connectivity index (χ0n) is 9.02. The van der Waals surface area contributed by atoms with Gasteiger partial charge in [-0.25, -0.2) is 4.98 Å². The summed E-state index contributed by atoms with van der Waals surface area (Å²) in [5, 5.41) is 0.519. The van der Waals surface area contributed by atoms with E-state index < -0.39 is 0 Å². The van der Waals surface area contributed by atoms with Gasteiger partial charge in [-0.3, -0.25) is 4.98 Å². The fourth-order valence-electron chi connectivity index (χ4n) is 1.67. The van der Waals surface area contributed by atoms with Crippen LogP contribution < -0.4 is 0 Å². The van der Waals surface area contributed by atoms with Crippen LogP contribution in [-0.2, 0) is 0 Å². The summed E-state index contributed by atoms with van der Waals surface area (Å²) in [5.41, 5.74) is 2.23. The minimum absolute atomic E-state index is 0.519. The van der Waals surface area contributed by atoms with Crippen LogP contribution in [0.25, 0.3) is 0 Å². The third-order valence-corrected chi connectivity index (χ3v) is 2.66. The molecule has 2 rings (SSSR count). The van der Waals surface area contributed by atoms with E-state index in [2.05, 4.69) is 23.0 Å². The lowest BCUT2D eigenvalue weighted by molar-refractivity contribution is 0.973. The van der Waals surface area contributed by atoms with Crippen LogP contribution in [0.5, 0.6) is 0 Å². The number of halogens is 1. The highest BCUT2D eigenvalue weighted by atomic mass is 35.5. The predicted molar refractivity (Wildman–Crippen MR) is 65.2 cm³/mol. The molecule has 2 aromatic heterocycles. The Morgan fingerprint density at radius 3 is 2.56 bits per heavy atom. The van der Waals surface area contributed by atoms with E-state index in [1.165, 1.54) is 5.92 Å². The number of rotatable bonds is 3. The maximum atomic E-state index is 5.77. The lowest BCUT2D eigenvalue weighted by atomic mass is 9.91. The summed E-state index contributed by atoms with van der Waals surface area (Å²) in [6, 6.07) is 7.79. The van der Waals surface area contributed by atoms with Crippen LogP contribution in [0.3, 0.4) is 0 Å².